The van der Waals surface area contributed by atoms with Crippen molar-refractivity contribution in [2.45, 2.75) is 51.2 Å². The van der Waals surface area contributed by atoms with Crippen LogP contribution in [0.4, 0.5) is 4.39 Å². The maximum absolute atomic E-state index is 13.1. The number of carbonyl (C=O) groups excluding carboxylic acids is 1. The molecule has 2 aliphatic rings. The van der Waals surface area contributed by atoms with E-state index in [0.29, 0.717) is 0 Å². The molecule has 2 fully saturated rings. The Bertz CT molecular complexity index is 526. The summed E-state index contributed by atoms with van der Waals surface area (Å²) in [4.78, 5) is 14.7. The van der Waals surface area contributed by atoms with Crippen molar-refractivity contribution in [3.63, 3.8) is 0 Å². The summed E-state index contributed by atoms with van der Waals surface area (Å²) in [6, 6.07) is 6.46. The van der Waals surface area contributed by atoms with Gasteiger partial charge in [0.05, 0.1) is 5.54 Å². The summed E-state index contributed by atoms with van der Waals surface area (Å²) >= 11 is 0. The van der Waals surface area contributed by atoms with Crippen LogP contribution in [0.25, 0.3) is 0 Å². The fraction of sp³-hybridized carbons (Fsp3) is 0.588. The fourth-order valence-corrected chi connectivity index (χ4v) is 3.00. The lowest BCUT2D eigenvalue weighted by Crippen LogP contribution is -2.43. The van der Waals surface area contributed by atoms with Gasteiger partial charge in [-0.15, -0.1) is 0 Å². The first kappa shape index (κ1) is 14.5. The molecule has 2 atom stereocenters. The van der Waals surface area contributed by atoms with Crippen molar-refractivity contribution in [2.24, 2.45) is 5.92 Å². The number of rotatable bonds is 5. The predicted octanol–water partition coefficient (Wildman–Crippen LogP) is 3.22. The third kappa shape index (κ3) is 2.82. The normalized spacial score (nSPS) is 29.2. The average molecular weight is 290 g/mol. The molecule has 0 aromatic heterocycles. The van der Waals surface area contributed by atoms with E-state index >= 15 is 0 Å². The second-order valence-electron chi connectivity index (χ2n) is 6.51. The molecule has 0 bridgehead atoms. The van der Waals surface area contributed by atoms with Crippen LogP contribution in [0.2, 0.25) is 0 Å². The summed E-state index contributed by atoms with van der Waals surface area (Å²) in [6.07, 6.45) is 4.28. The molecule has 1 amide bonds. The summed E-state index contributed by atoms with van der Waals surface area (Å²) < 4.78 is 13.1. The molecule has 2 unspecified atom stereocenters. The van der Waals surface area contributed by atoms with Crippen molar-refractivity contribution < 1.29 is 9.18 Å². The van der Waals surface area contributed by atoms with Gasteiger partial charge in [0, 0.05) is 6.54 Å². The van der Waals surface area contributed by atoms with E-state index in [9.17, 15) is 9.18 Å². The molecule has 0 radical (unpaired) electrons. The van der Waals surface area contributed by atoms with E-state index in [1.807, 2.05) is 18.7 Å². The molecule has 21 heavy (non-hydrogen) atoms. The van der Waals surface area contributed by atoms with Gasteiger partial charge in [-0.2, -0.15) is 0 Å². The number of hydrogen-bond donors (Lipinski definition) is 1. The van der Waals surface area contributed by atoms with Gasteiger partial charge in [0.25, 0.3) is 0 Å². The topological polar surface area (TPSA) is 32.3 Å². The van der Waals surface area contributed by atoms with Crippen LogP contribution in [0.3, 0.4) is 0 Å². The van der Waals surface area contributed by atoms with E-state index in [4.69, 9.17) is 0 Å². The standard InChI is InChI=1S/C17H23FN2O/c1-3-17(2)16(21)20(11-10-12-4-5-12)15(19-17)13-6-8-14(18)9-7-13/h6-9,12,15,19H,3-5,10-11H2,1-2H3. The molecule has 3 rings (SSSR count). The van der Waals surface area contributed by atoms with Gasteiger partial charge in [-0.05, 0) is 43.4 Å². The molecule has 1 aliphatic carbocycles. The van der Waals surface area contributed by atoms with Crippen LogP contribution >= 0.6 is 0 Å². The first-order chi connectivity index (χ1) is 10.0. The maximum Gasteiger partial charge on any atom is 0.244 e. The first-order valence-electron chi connectivity index (χ1n) is 7.88. The number of nitrogens with zero attached hydrogens (tertiary/aromatic N) is 1. The highest BCUT2D eigenvalue weighted by Crippen LogP contribution is 2.36. The number of carbonyl (C=O) groups is 1. The smallest absolute Gasteiger partial charge is 0.244 e. The summed E-state index contributed by atoms with van der Waals surface area (Å²) in [6.45, 7) is 4.77. The lowest BCUT2D eigenvalue weighted by molar-refractivity contribution is -0.133. The van der Waals surface area contributed by atoms with Gasteiger partial charge in [0.15, 0.2) is 0 Å². The molecule has 1 aliphatic heterocycles. The van der Waals surface area contributed by atoms with Gasteiger partial charge in [0.2, 0.25) is 5.91 Å². The lowest BCUT2D eigenvalue weighted by Gasteiger charge is -2.24. The Hall–Kier alpha value is -1.42. The largest absolute Gasteiger partial charge is 0.321 e. The van der Waals surface area contributed by atoms with E-state index in [2.05, 4.69) is 5.32 Å². The molecule has 4 heteroatoms. The molecule has 1 saturated heterocycles. The van der Waals surface area contributed by atoms with E-state index < -0.39 is 5.54 Å². The van der Waals surface area contributed by atoms with Crippen molar-refractivity contribution in [1.82, 2.24) is 10.2 Å². The Morgan fingerprint density at radius 3 is 2.57 bits per heavy atom. The van der Waals surface area contributed by atoms with Crippen molar-refractivity contribution in [3.8, 4) is 0 Å². The molecule has 114 valence electrons. The fourth-order valence-electron chi connectivity index (χ4n) is 3.00. The Kier molecular flexibility index (Phi) is 3.74. The second kappa shape index (κ2) is 5.41. The number of halogens is 1. The first-order valence-corrected chi connectivity index (χ1v) is 7.88. The number of nitrogens with one attached hydrogen (secondary N) is 1. The molecular weight excluding hydrogens is 267 g/mol. The van der Waals surface area contributed by atoms with Crippen LogP contribution in [0.5, 0.6) is 0 Å². The zero-order valence-electron chi connectivity index (χ0n) is 12.7. The van der Waals surface area contributed by atoms with Crippen LogP contribution in [0.15, 0.2) is 24.3 Å². The molecular formula is C17H23FN2O. The van der Waals surface area contributed by atoms with Gasteiger partial charge < -0.3 is 4.90 Å². The molecule has 1 saturated carbocycles. The maximum atomic E-state index is 13.1. The highest BCUT2D eigenvalue weighted by Gasteiger charge is 2.47. The second-order valence-corrected chi connectivity index (χ2v) is 6.51. The van der Waals surface area contributed by atoms with Crippen LogP contribution in [-0.2, 0) is 4.79 Å². The van der Waals surface area contributed by atoms with Crippen LogP contribution in [0, 0.1) is 11.7 Å². The average Bonchev–Trinajstić information content (AvgIpc) is 3.27. The summed E-state index contributed by atoms with van der Waals surface area (Å²) in [5, 5.41) is 3.45. The predicted molar refractivity (Wildman–Crippen MR) is 80.0 cm³/mol. The molecule has 3 nitrogen and oxygen atoms in total. The van der Waals surface area contributed by atoms with E-state index in [-0.39, 0.29) is 17.9 Å². The minimum atomic E-state index is -0.511. The Morgan fingerprint density at radius 2 is 2.00 bits per heavy atom. The van der Waals surface area contributed by atoms with Gasteiger partial charge in [0.1, 0.15) is 12.0 Å². The zero-order valence-corrected chi connectivity index (χ0v) is 12.7. The molecule has 1 aromatic rings. The molecule has 0 spiro atoms. The Morgan fingerprint density at radius 1 is 1.33 bits per heavy atom. The van der Waals surface area contributed by atoms with Crippen LogP contribution in [0.1, 0.15) is 51.3 Å². The van der Waals surface area contributed by atoms with Gasteiger partial charge in [-0.1, -0.05) is 31.9 Å². The molecule has 1 aromatic carbocycles. The summed E-state index contributed by atoms with van der Waals surface area (Å²) in [7, 11) is 0. The van der Waals surface area contributed by atoms with Gasteiger partial charge in [-0.3, -0.25) is 10.1 Å². The van der Waals surface area contributed by atoms with Crippen molar-refractivity contribution >= 4 is 5.91 Å². The minimum absolute atomic E-state index is 0.137. The molecule has 1 N–H and O–H groups in total. The highest BCUT2D eigenvalue weighted by atomic mass is 19.1. The number of amides is 1. The molecule has 1 heterocycles. The number of hydrogen-bond acceptors (Lipinski definition) is 2. The number of benzene rings is 1. The summed E-state index contributed by atoms with van der Waals surface area (Å²) in [5.41, 5.74) is 0.445. The quantitative estimate of drug-likeness (QED) is 0.903. The van der Waals surface area contributed by atoms with Crippen molar-refractivity contribution in [1.29, 1.82) is 0 Å². The minimum Gasteiger partial charge on any atom is -0.321 e. The van der Waals surface area contributed by atoms with Gasteiger partial charge >= 0.3 is 0 Å². The van der Waals surface area contributed by atoms with Gasteiger partial charge in [-0.25, -0.2) is 4.39 Å². The van der Waals surface area contributed by atoms with E-state index in [0.717, 1.165) is 30.9 Å². The Balaban J connectivity index is 1.83. The summed E-state index contributed by atoms with van der Waals surface area (Å²) in [5.74, 6) is 0.714. The van der Waals surface area contributed by atoms with Crippen molar-refractivity contribution in [2.75, 3.05) is 6.54 Å². The van der Waals surface area contributed by atoms with E-state index in [1.165, 1.54) is 25.0 Å². The van der Waals surface area contributed by atoms with E-state index in [1.54, 1.807) is 12.1 Å². The third-order valence-electron chi connectivity index (χ3n) is 4.87. The van der Waals surface area contributed by atoms with Crippen LogP contribution < -0.4 is 5.32 Å². The lowest BCUT2D eigenvalue weighted by atomic mass is 9.99. The van der Waals surface area contributed by atoms with Crippen LogP contribution in [-0.4, -0.2) is 22.9 Å². The third-order valence-corrected chi connectivity index (χ3v) is 4.87. The zero-order chi connectivity index (χ0) is 15.0. The monoisotopic (exact) mass is 290 g/mol. The Labute approximate surface area is 125 Å². The SMILES string of the molecule is CCC1(C)NC(c2ccc(F)cc2)N(CCC2CC2)C1=O. The van der Waals surface area contributed by atoms with Crippen molar-refractivity contribution in [3.05, 3.63) is 35.6 Å². The highest BCUT2D eigenvalue weighted by molar-refractivity contribution is 5.88.